The molecule has 0 aliphatic carbocycles. The molecule has 0 N–H and O–H groups in total. The molecule has 0 aromatic carbocycles. The molecule has 5 fully saturated rings. The van der Waals surface area contributed by atoms with E-state index in [0.717, 1.165) is 19.3 Å². The zero-order valence-electron chi connectivity index (χ0n) is 39.0. The minimum atomic E-state index is -0.759. The fraction of sp³-hybridized carbons (Fsp3) is 0.955. The summed E-state index contributed by atoms with van der Waals surface area (Å²) in [4.78, 5) is 26.6. The van der Waals surface area contributed by atoms with E-state index in [4.69, 9.17) is 42.6 Å². The number of rotatable bonds is 13. The Morgan fingerprint density at radius 3 is 1.28 bits per heavy atom. The molecule has 58 heavy (non-hydrogen) atoms. The topological polar surface area (TPSA) is 117 Å². The van der Waals surface area contributed by atoms with Crippen molar-refractivity contribution < 1.29 is 95.0 Å². The van der Waals surface area contributed by atoms with Gasteiger partial charge in [0.15, 0.2) is 0 Å². The van der Waals surface area contributed by atoms with E-state index in [2.05, 4.69) is 83.1 Å². The van der Waals surface area contributed by atoms with Gasteiger partial charge in [0.25, 0.3) is 0 Å². The molecule has 5 aliphatic heterocycles. The molecule has 5 heterocycles. The van der Waals surface area contributed by atoms with Crippen molar-refractivity contribution in [2.45, 2.75) is 201 Å². The third-order valence-corrected chi connectivity index (χ3v) is 32.2. The summed E-state index contributed by atoms with van der Waals surface area (Å²) in [5, 5.41) is 0. The van der Waals surface area contributed by atoms with Gasteiger partial charge >= 0.3 is 466 Å². The summed E-state index contributed by atoms with van der Waals surface area (Å²) in [7, 11) is 0. The van der Waals surface area contributed by atoms with E-state index in [1.807, 2.05) is 0 Å². The van der Waals surface area contributed by atoms with Crippen LogP contribution in [-0.2, 0) is 52.2 Å². The van der Waals surface area contributed by atoms with Crippen molar-refractivity contribution in [2.24, 2.45) is 47.3 Å². The maximum atomic E-state index is 13.3. The Balaban J connectivity index is 1.26. The van der Waals surface area contributed by atoms with Gasteiger partial charge in [-0.25, -0.2) is 0 Å². The number of Topliss-reactive ketones (excluding diaryl/α,β-unsaturated/α-hetero) is 2. The van der Waals surface area contributed by atoms with Gasteiger partial charge in [0.2, 0.25) is 0 Å². The number of ketones is 2. The van der Waals surface area contributed by atoms with Crippen molar-refractivity contribution in [3.8, 4) is 0 Å². The van der Waals surface area contributed by atoms with Crippen LogP contribution < -0.4 is 0 Å². The molecule has 5 saturated heterocycles. The molecular weight excluding hydrogens is 1100 g/mol. The van der Waals surface area contributed by atoms with Gasteiger partial charge < -0.3 is 0 Å². The Hall–Kier alpha value is 4.06. The standard InChI is InChI=1S/C44H73O11.Ra.2Rb.H/c1-15-32-25(8)21(4)19-35(48-32)50-39-26(9)29(12)44(55-41(39)30(13)45)53-38-23(6)20-36(49-34(38)17-3)51-40-27(10)28(11)43(54-42(40)31(14)46)52-37-22(5)18-24(7)47-33(37)16-2;;;;/h18-29,32-44H,15-17H2,1-14H3;;;;/t21-,22-,23-,24?,25+,26-,27+,28?,29?,32?,33?,34?,35-,36+,37+,38+,39+,40-,41?,42?,43-,44-;;;;/m1..../s1. The molecule has 25 atom stereocenters. The van der Waals surface area contributed by atoms with Crippen molar-refractivity contribution in [3.63, 3.8) is 0 Å². The summed E-state index contributed by atoms with van der Waals surface area (Å²) >= 11 is 0.640. The van der Waals surface area contributed by atoms with E-state index in [1.54, 1.807) is 13.8 Å². The van der Waals surface area contributed by atoms with Crippen LogP contribution in [0.5, 0.6) is 0 Å². The second-order valence-electron chi connectivity index (χ2n) is 19.6. The molecule has 0 aromatic rings. The van der Waals surface area contributed by atoms with Crippen LogP contribution in [0, 0.1) is 90.1 Å². The van der Waals surface area contributed by atoms with Gasteiger partial charge in [-0.3, -0.25) is 0 Å². The number of ether oxygens (including phenoxy) is 9. The zero-order valence-corrected chi connectivity index (χ0v) is 57.1. The number of hydrogen-bond donors (Lipinski definition) is 0. The Labute approximate surface area is 457 Å². The molecule has 0 amide bonds. The predicted molar refractivity (Wildman–Crippen MR) is 218 cm³/mol. The number of hydrogen-bond acceptors (Lipinski definition) is 11. The quantitative estimate of drug-likeness (QED) is 0.197. The van der Waals surface area contributed by atoms with Crippen molar-refractivity contribution in [1.29, 1.82) is 0 Å². The van der Waals surface area contributed by atoms with E-state index in [1.165, 1.54) is 0 Å². The van der Waals surface area contributed by atoms with Crippen LogP contribution >= 0.6 is 0 Å². The van der Waals surface area contributed by atoms with Gasteiger partial charge in [0.05, 0.1) is 0 Å². The van der Waals surface area contributed by atoms with Crippen molar-refractivity contribution in [2.75, 3.05) is 0 Å². The van der Waals surface area contributed by atoms with Crippen LogP contribution in [0.4, 0.5) is 0 Å². The van der Waals surface area contributed by atoms with Crippen LogP contribution in [0.2, 0.25) is -1.07 Å². The van der Waals surface area contributed by atoms with Gasteiger partial charge in [-0.05, 0) is 0 Å². The second-order valence-corrected chi connectivity index (χ2v) is 31.6. The first-order valence-electron chi connectivity index (χ1n) is 23.2. The van der Waals surface area contributed by atoms with Gasteiger partial charge in [0.1, 0.15) is 0 Å². The average Bonchev–Trinajstić information content (AvgIpc) is 3.19. The van der Waals surface area contributed by atoms with E-state index >= 15 is 0 Å². The number of carbonyl (C=O) groups excluding carboxylic acids is 2. The van der Waals surface area contributed by atoms with Crippen LogP contribution in [0.3, 0.4) is 0 Å². The van der Waals surface area contributed by atoms with Gasteiger partial charge in [-0.15, -0.1) is 0 Å². The summed E-state index contributed by atoms with van der Waals surface area (Å²) in [5.41, 5.74) is 0. The summed E-state index contributed by atoms with van der Waals surface area (Å²) in [6.07, 6.45) is -1.90. The average molecular weight is 1180 g/mol. The molecule has 0 saturated carbocycles. The summed E-state index contributed by atoms with van der Waals surface area (Å²) < 4.78 is 61.8. The van der Waals surface area contributed by atoms with E-state index in [9.17, 15) is 9.59 Å². The number of carbonyl (C=O) groups is 2. The molecular formula is C44H74O11RaRb2. The van der Waals surface area contributed by atoms with Crippen molar-refractivity contribution >= 4 is 123 Å². The fourth-order valence-electron chi connectivity index (χ4n) is 10.5. The Bertz CT molecular complexity index is 1360. The summed E-state index contributed by atoms with van der Waals surface area (Å²) in [6.45, 7) is 29.6. The third-order valence-electron chi connectivity index (χ3n) is 16.2. The predicted octanol–water partition coefficient (Wildman–Crippen LogP) is 6.70. The fourth-order valence-corrected chi connectivity index (χ4v) is 16.6. The Kier molecular flexibility index (Phi) is 21.4. The third kappa shape index (κ3) is 11.7. The van der Waals surface area contributed by atoms with Crippen molar-refractivity contribution in [1.82, 2.24) is 0 Å². The first-order valence-corrected chi connectivity index (χ1v) is 33.6. The molecule has 5 aliphatic rings. The molecule has 5 rings (SSSR count). The summed E-state index contributed by atoms with van der Waals surface area (Å²) in [5.74, 6) is 1.35. The molecule has 0 bridgehead atoms. The van der Waals surface area contributed by atoms with Crippen molar-refractivity contribution in [3.05, 3.63) is 0 Å². The van der Waals surface area contributed by atoms with Crippen LogP contribution in [0.1, 0.15) is 116 Å². The first kappa shape index (κ1) is 53.0. The second kappa shape index (κ2) is 23.4. The van der Waals surface area contributed by atoms with E-state index < -0.39 is 43.3 Å². The van der Waals surface area contributed by atoms with Gasteiger partial charge in [-0.2, -0.15) is 0 Å². The Morgan fingerprint density at radius 2 is 0.845 bits per heavy atom. The monoisotopic (exact) mass is 1170 g/mol. The Morgan fingerprint density at radius 1 is 0.466 bits per heavy atom. The molecule has 0 aromatic heterocycles. The molecule has 14 heteroatoms. The van der Waals surface area contributed by atoms with E-state index in [-0.39, 0.29) is 181 Å². The molecule has 0 radical (unpaired) electrons. The molecule has 320 valence electrons. The maximum absolute atomic E-state index is 13.3. The molecule has 0 spiro atoms. The van der Waals surface area contributed by atoms with E-state index in [0.29, 0.717) is 73.2 Å². The minimum absolute atomic E-state index is 0.00350. The normalized spacial score (nSPS) is 51.6. The van der Waals surface area contributed by atoms with Crippen LogP contribution in [0.15, 0.2) is 0 Å². The summed E-state index contributed by atoms with van der Waals surface area (Å²) in [6, 6.07) is 0. The zero-order chi connectivity index (χ0) is 43.1. The first-order chi connectivity index (χ1) is 27.3. The van der Waals surface area contributed by atoms with Crippen LogP contribution in [-0.4, -0.2) is 209 Å². The van der Waals surface area contributed by atoms with Gasteiger partial charge in [-0.1, -0.05) is 0 Å². The van der Waals surface area contributed by atoms with Crippen LogP contribution in [0.25, 0.3) is 0 Å². The molecule has 11 unspecified atom stereocenters. The SMILES string of the molecule is CCC1O[C@H](O[C@@H]2C(C(C)=O)O[C@@H](O[C@@H]3C(CC)O[C@@H](O[C@H]4C(C(C)=O)O[C@@H](O[C@@H]5C(CC)OC(C)[CH]([RaH])[C@H]5C)C(C)[C@@H]4C)[CH]([Rb])[C@H]3C)C(C)[C@H]2C)[CH]([Rb])[C@@H](C)[C@@H]1C. The van der Waals surface area contributed by atoms with Gasteiger partial charge in [0, 0.05) is 0 Å². The molecule has 11 nitrogen and oxygen atoms in total.